The van der Waals surface area contributed by atoms with E-state index in [1.54, 1.807) is 32.4 Å². The maximum absolute atomic E-state index is 12.4. The number of para-hydroxylation sites is 1. The van der Waals surface area contributed by atoms with Crippen LogP contribution in [0.3, 0.4) is 0 Å². The van der Waals surface area contributed by atoms with Gasteiger partial charge in [0.1, 0.15) is 16.9 Å². The Kier molecular flexibility index (Phi) is 4.42. The monoisotopic (exact) mass is 362 g/mol. The molecule has 0 N–H and O–H groups in total. The molecule has 136 valence electrons. The Morgan fingerprint density at radius 2 is 1.63 bits per heavy atom. The van der Waals surface area contributed by atoms with Crippen molar-refractivity contribution in [3.05, 3.63) is 66.2 Å². The molecule has 1 heterocycles. The lowest BCUT2D eigenvalue weighted by Gasteiger charge is -2.09. The first-order valence-corrected chi connectivity index (χ1v) is 8.51. The summed E-state index contributed by atoms with van der Waals surface area (Å²) in [7, 11) is 3.13. The van der Waals surface area contributed by atoms with Crippen LogP contribution < -0.4 is 14.2 Å². The normalized spacial score (nSPS) is 10.9. The molecule has 0 saturated heterocycles. The molecule has 3 aromatic carbocycles. The number of benzene rings is 3. The van der Waals surface area contributed by atoms with E-state index in [1.807, 2.05) is 42.5 Å². The average molecular weight is 362 g/mol. The lowest BCUT2D eigenvalue weighted by molar-refractivity contribution is -0.133. The van der Waals surface area contributed by atoms with Crippen LogP contribution in [0.4, 0.5) is 0 Å². The van der Waals surface area contributed by atoms with Crippen molar-refractivity contribution >= 4 is 27.9 Å². The molecule has 0 aliphatic heterocycles. The van der Waals surface area contributed by atoms with Crippen LogP contribution in [0.5, 0.6) is 17.2 Å². The molecule has 1 aromatic heterocycles. The molecule has 0 atom stereocenters. The molecule has 27 heavy (non-hydrogen) atoms. The van der Waals surface area contributed by atoms with Gasteiger partial charge >= 0.3 is 5.97 Å². The van der Waals surface area contributed by atoms with Crippen LogP contribution in [-0.2, 0) is 11.2 Å². The smallest absolute Gasteiger partial charge is 0.315 e. The van der Waals surface area contributed by atoms with Crippen LogP contribution in [0.1, 0.15) is 5.56 Å². The summed E-state index contributed by atoms with van der Waals surface area (Å²) < 4.78 is 21.8. The second kappa shape index (κ2) is 7.03. The van der Waals surface area contributed by atoms with Crippen LogP contribution >= 0.6 is 0 Å². The van der Waals surface area contributed by atoms with Crippen LogP contribution in [0.2, 0.25) is 0 Å². The number of fused-ring (bicyclic) bond motifs is 3. The van der Waals surface area contributed by atoms with Crippen molar-refractivity contribution in [1.29, 1.82) is 0 Å². The summed E-state index contributed by atoms with van der Waals surface area (Å²) in [6.07, 6.45) is 0.129. The molecule has 5 heteroatoms. The fourth-order valence-corrected chi connectivity index (χ4v) is 3.09. The fraction of sp³-hybridized carbons (Fsp3) is 0.136. The van der Waals surface area contributed by atoms with E-state index in [2.05, 4.69) is 0 Å². The van der Waals surface area contributed by atoms with Gasteiger partial charge in [0.15, 0.2) is 11.5 Å². The predicted molar refractivity (Wildman–Crippen MR) is 103 cm³/mol. The van der Waals surface area contributed by atoms with E-state index in [9.17, 15) is 4.79 Å². The molecule has 0 radical (unpaired) electrons. The van der Waals surface area contributed by atoms with Gasteiger partial charge in [-0.3, -0.25) is 4.79 Å². The lowest BCUT2D eigenvalue weighted by atomic mass is 10.1. The first kappa shape index (κ1) is 17.0. The highest BCUT2D eigenvalue weighted by molar-refractivity contribution is 6.05. The topological polar surface area (TPSA) is 57.9 Å². The molecule has 4 rings (SSSR count). The van der Waals surface area contributed by atoms with Crippen molar-refractivity contribution in [2.75, 3.05) is 14.2 Å². The summed E-state index contributed by atoms with van der Waals surface area (Å²) in [5.74, 6) is 1.33. The summed E-state index contributed by atoms with van der Waals surface area (Å²) in [4.78, 5) is 12.4. The van der Waals surface area contributed by atoms with Crippen LogP contribution in [0, 0.1) is 0 Å². The van der Waals surface area contributed by atoms with E-state index < -0.39 is 0 Å². The summed E-state index contributed by atoms with van der Waals surface area (Å²) in [6.45, 7) is 0. The number of esters is 1. The molecule has 0 spiro atoms. The highest BCUT2D eigenvalue weighted by Crippen LogP contribution is 2.31. The van der Waals surface area contributed by atoms with E-state index in [1.165, 1.54) is 0 Å². The molecule has 4 aromatic rings. The van der Waals surface area contributed by atoms with Crippen LogP contribution in [0.15, 0.2) is 65.1 Å². The largest absolute Gasteiger partial charge is 0.493 e. The van der Waals surface area contributed by atoms with E-state index in [0.29, 0.717) is 17.2 Å². The second-order valence-corrected chi connectivity index (χ2v) is 6.10. The highest BCUT2D eigenvalue weighted by Gasteiger charge is 2.12. The Labute approximate surface area is 156 Å². The van der Waals surface area contributed by atoms with Gasteiger partial charge in [-0.05, 0) is 42.0 Å². The molecule has 0 bridgehead atoms. The molecular weight excluding hydrogens is 344 g/mol. The van der Waals surface area contributed by atoms with E-state index in [4.69, 9.17) is 18.6 Å². The van der Waals surface area contributed by atoms with Gasteiger partial charge in [-0.1, -0.05) is 24.3 Å². The number of carbonyl (C=O) groups is 1. The van der Waals surface area contributed by atoms with Gasteiger partial charge in [0.25, 0.3) is 0 Å². The van der Waals surface area contributed by atoms with Gasteiger partial charge in [0.05, 0.1) is 20.6 Å². The lowest BCUT2D eigenvalue weighted by Crippen LogP contribution is -2.11. The van der Waals surface area contributed by atoms with Gasteiger partial charge in [0, 0.05) is 10.8 Å². The van der Waals surface area contributed by atoms with Gasteiger partial charge in [0.2, 0.25) is 0 Å². The van der Waals surface area contributed by atoms with E-state index in [0.717, 1.165) is 27.5 Å². The van der Waals surface area contributed by atoms with Gasteiger partial charge in [-0.2, -0.15) is 0 Å². The zero-order valence-electron chi connectivity index (χ0n) is 15.0. The fourth-order valence-electron chi connectivity index (χ4n) is 3.09. The SMILES string of the molecule is COc1ccc(CC(=O)Oc2ccc3oc4ccccc4c3c2)cc1OC. The standard InChI is InChI=1S/C22H18O5/c1-24-20-9-7-14(11-21(20)25-2)12-22(23)26-15-8-10-19-17(13-15)16-5-3-4-6-18(16)27-19/h3-11,13H,12H2,1-2H3. The Balaban J connectivity index is 1.55. The summed E-state index contributed by atoms with van der Waals surface area (Å²) >= 11 is 0. The van der Waals surface area contributed by atoms with Crippen molar-refractivity contribution in [1.82, 2.24) is 0 Å². The Morgan fingerprint density at radius 3 is 2.44 bits per heavy atom. The van der Waals surface area contributed by atoms with Crippen molar-refractivity contribution in [3.8, 4) is 17.2 Å². The van der Waals surface area contributed by atoms with E-state index >= 15 is 0 Å². The minimum absolute atomic E-state index is 0.129. The first-order chi connectivity index (χ1) is 13.2. The first-order valence-electron chi connectivity index (χ1n) is 8.51. The Morgan fingerprint density at radius 1 is 0.852 bits per heavy atom. The molecule has 0 aliphatic rings. The number of furan rings is 1. The Bertz CT molecular complexity index is 1130. The number of methoxy groups -OCH3 is 2. The minimum atomic E-state index is -0.352. The maximum Gasteiger partial charge on any atom is 0.315 e. The molecule has 0 fully saturated rings. The Hall–Kier alpha value is -3.47. The third kappa shape index (κ3) is 3.31. The molecular formula is C22H18O5. The number of carbonyl (C=O) groups excluding carboxylic acids is 1. The quantitative estimate of drug-likeness (QED) is 0.379. The summed E-state index contributed by atoms with van der Waals surface area (Å²) in [5.41, 5.74) is 2.35. The van der Waals surface area contributed by atoms with Gasteiger partial charge < -0.3 is 18.6 Å². The van der Waals surface area contributed by atoms with Crippen LogP contribution in [0.25, 0.3) is 21.9 Å². The van der Waals surface area contributed by atoms with Gasteiger partial charge in [-0.25, -0.2) is 0 Å². The molecule has 0 aliphatic carbocycles. The molecule has 0 saturated carbocycles. The van der Waals surface area contributed by atoms with Crippen molar-refractivity contribution in [3.63, 3.8) is 0 Å². The number of hydrogen-bond donors (Lipinski definition) is 0. The van der Waals surface area contributed by atoms with Crippen LogP contribution in [-0.4, -0.2) is 20.2 Å². The highest BCUT2D eigenvalue weighted by atomic mass is 16.5. The number of ether oxygens (including phenoxy) is 3. The zero-order valence-corrected chi connectivity index (χ0v) is 15.0. The average Bonchev–Trinajstić information content (AvgIpc) is 3.06. The molecule has 0 unspecified atom stereocenters. The molecule has 5 nitrogen and oxygen atoms in total. The number of rotatable bonds is 5. The van der Waals surface area contributed by atoms with Crippen molar-refractivity contribution in [2.45, 2.75) is 6.42 Å². The third-order valence-electron chi connectivity index (χ3n) is 4.38. The summed E-state index contributed by atoms with van der Waals surface area (Å²) in [6, 6.07) is 18.5. The summed E-state index contributed by atoms with van der Waals surface area (Å²) in [5, 5.41) is 1.91. The van der Waals surface area contributed by atoms with Crippen molar-refractivity contribution in [2.24, 2.45) is 0 Å². The van der Waals surface area contributed by atoms with E-state index in [-0.39, 0.29) is 12.4 Å². The molecule has 0 amide bonds. The third-order valence-corrected chi connectivity index (χ3v) is 4.38. The van der Waals surface area contributed by atoms with Crippen molar-refractivity contribution < 1.29 is 23.4 Å². The van der Waals surface area contributed by atoms with Gasteiger partial charge in [-0.15, -0.1) is 0 Å². The minimum Gasteiger partial charge on any atom is -0.493 e. The predicted octanol–water partition coefficient (Wildman–Crippen LogP) is 4.75. The maximum atomic E-state index is 12.4. The number of hydrogen-bond acceptors (Lipinski definition) is 5. The second-order valence-electron chi connectivity index (χ2n) is 6.10. The zero-order chi connectivity index (χ0) is 18.8.